The molecule has 0 amide bonds. The van der Waals surface area contributed by atoms with Gasteiger partial charge in [-0.15, -0.1) is 0 Å². The second kappa shape index (κ2) is 6.00. The van der Waals surface area contributed by atoms with Gasteiger partial charge in [-0.3, -0.25) is 0 Å². The summed E-state index contributed by atoms with van der Waals surface area (Å²) < 4.78 is 28.1. The maximum atomic E-state index is 11.4. The first kappa shape index (κ1) is 14.5. The second-order valence-electron chi connectivity index (χ2n) is 5.01. The van der Waals surface area contributed by atoms with Gasteiger partial charge in [0.05, 0.1) is 11.5 Å². The minimum Gasteiger partial charge on any atom is -0.339 e. The van der Waals surface area contributed by atoms with Crippen molar-refractivity contribution in [3.05, 3.63) is 11.7 Å². The summed E-state index contributed by atoms with van der Waals surface area (Å²) in [6, 6.07) is 0.325. The molecule has 19 heavy (non-hydrogen) atoms. The van der Waals surface area contributed by atoms with Crippen molar-refractivity contribution >= 4 is 9.84 Å². The average molecular weight is 287 g/mol. The Morgan fingerprint density at radius 2 is 2.26 bits per heavy atom. The van der Waals surface area contributed by atoms with Crippen LogP contribution in [0.4, 0.5) is 0 Å². The van der Waals surface area contributed by atoms with Crippen molar-refractivity contribution in [2.24, 2.45) is 0 Å². The quantitative estimate of drug-likeness (QED) is 0.837. The first-order chi connectivity index (χ1) is 9.04. The van der Waals surface area contributed by atoms with Crippen LogP contribution >= 0.6 is 0 Å². The molecule has 0 aliphatic carbocycles. The molecule has 1 saturated heterocycles. The zero-order valence-corrected chi connectivity index (χ0v) is 12.2. The molecule has 2 unspecified atom stereocenters. The van der Waals surface area contributed by atoms with E-state index in [9.17, 15) is 8.42 Å². The number of aromatic nitrogens is 2. The standard InChI is InChI=1S/C12H21N3O3S/c1-3-10(13-4-2)7-11-14-12(15-18-11)9-5-6-19(16,17)8-9/h9-10,13H,3-8H2,1-2H3. The topological polar surface area (TPSA) is 85.1 Å². The number of nitrogens with one attached hydrogen (secondary N) is 1. The molecule has 1 aromatic heterocycles. The van der Waals surface area contributed by atoms with Crippen LogP contribution in [0.2, 0.25) is 0 Å². The van der Waals surface area contributed by atoms with Gasteiger partial charge in [0.25, 0.3) is 0 Å². The fourth-order valence-electron chi connectivity index (χ4n) is 2.38. The van der Waals surface area contributed by atoms with E-state index in [0.29, 0.717) is 30.6 Å². The molecule has 2 rings (SSSR count). The van der Waals surface area contributed by atoms with Gasteiger partial charge in [-0.25, -0.2) is 8.42 Å². The summed E-state index contributed by atoms with van der Waals surface area (Å²) >= 11 is 0. The Morgan fingerprint density at radius 1 is 1.47 bits per heavy atom. The fraction of sp³-hybridized carbons (Fsp3) is 0.833. The van der Waals surface area contributed by atoms with Crippen molar-refractivity contribution in [2.75, 3.05) is 18.1 Å². The number of sulfone groups is 1. The van der Waals surface area contributed by atoms with Gasteiger partial charge < -0.3 is 9.84 Å². The monoisotopic (exact) mass is 287 g/mol. The van der Waals surface area contributed by atoms with Gasteiger partial charge in [0.15, 0.2) is 15.7 Å². The summed E-state index contributed by atoms with van der Waals surface area (Å²) in [5.74, 6) is 1.42. The lowest BCUT2D eigenvalue weighted by atomic mass is 10.1. The van der Waals surface area contributed by atoms with Crippen molar-refractivity contribution in [3.8, 4) is 0 Å². The van der Waals surface area contributed by atoms with E-state index in [1.165, 1.54) is 0 Å². The third-order valence-corrected chi connectivity index (χ3v) is 5.26. The second-order valence-corrected chi connectivity index (χ2v) is 7.24. The van der Waals surface area contributed by atoms with Crippen molar-refractivity contribution in [2.45, 2.75) is 45.1 Å². The predicted molar refractivity (Wildman–Crippen MR) is 71.8 cm³/mol. The highest BCUT2D eigenvalue weighted by molar-refractivity contribution is 7.91. The van der Waals surface area contributed by atoms with Crippen LogP contribution in [0.3, 0.4) is 0 Å². The molecule has 1 N–H and O–H groups in total. The van der Waals surface area contributed by atoms with Crippen LogP contribution in [0.25, 0.3) is 0 Å². The largest absolute Gasteiger partial charge is 0.339 e. The molecule has 2 atom stereocenters. The predicted octanol–water partition coefficient (Wildman–Crippen LogP) is 0.902. The maximum absolute atomic E-state index is 11.4. The Kier molecular flexibility index (Phi) is 4.57. The molecular weight excluding hydrogens is 266 g/mol. The zero-order chi connectivity index (χ0) is 13.9. The highest BCUT2D eigenvalue weighted by Gasteiger charge is 2.32. The zero-order valence-electron chi connectivity index (χ0n) is 11.4. The van der Waals surface area contributed by atoms with E-state index in [2.05, 4.69) is 29.3 Å². The molecule has 108 valence electrons. The molecule has 2 heterocycles. The lowest BCUT2D eigenvalue weighted by Gasteiger charge is -2.12. The molecule has 0 bridgehead atoms. The summed E-state index contributed by atoms with van der Waals surface area (Å²) in [4.78, 5) is 4.35. The Balaban J connectivity index is 1.99. The highest BCUT2D eigenvalue weighted by atomic mass is 32.2. The van der Waals surface area contributed by atoms with E-state index in [4.69, 9.17) is 4.52 Å². The Labute approximate surface area is 113 Å². The first-order valence-corrected chi connectivity index (χ1v) is 8.62. The maximum Gasteiger partial charge on any atom is 0.228 e. The molecule has 0 aromatic carbocycles. The van der Waals surface area contributed by atoms with Crippen LogP contribution < -0.4 is 5.32 Å². The molecule has 1 aliphatic rings. The Morgan fingerprint density at radius 3 is 2.84 bits per heavy atom. The summed E-state index contributed by atoms with van der Waals surface area (Å²) in [5, 5.41) is 7.28. The van der Waals surface area contributed by atoms with Gasteiger partial charge in [-0.2, -0.15) is 4.98 Å². The number of likely N-dealkylation sites (N-methyl/N-ethyl adjacent to an activating group) is 1. The van der Waals surface area contributed by atoms with Crippen molar-refractivity contribution in [1.82, 2.24) is 15.5 Å². The van der Waals surface area contributed by atoms with E-state index >= 15 is 0 Å². The van der Waals surface area contributed by atoms with Crippen LogP contribution in [0.1, 0.15) is 44.3 Å². The highest BCUT2D eigenvalue weighted by Crippen LogP contribution is 2.26. The van der Waals surface area contributed by atoms with Gasteiger partial charge in [0, 0.05) is 18.4 Å². The van der Waals surface area contributed by atoms with E-state index in [1.807, 2.05) is 0 Å². The van der Waals surface area contributed by atoms with Crippen LogP contribution in [-0.4, -0.2) is 42.7 Å². The summed E-state index contributed by atoms with van der Waals surface area (Å²) in [5.41, 5.74) is 0. The molecule has 1 fully saturated rings. The summed E-state index contributed by atoms with van der Waals surface area (Å²) in [6.07, 6.45) is 2.28. The van der Waals surface area contributed by atoms with E-state index in [0.717, 1.165) is 13.0 Å². The van der Waals surface area contributed by atoms with Gasteiger partial charge in [0.1, 0.15) is 0 Å². The van der Waals surface area contributed by atoms with E-state index < -0.39 is 9.84 Å². The Bertz CT molecular complexity index is 512. The average Bonchev–Trinajstić information content (AvgIpc) is 2.95. The number of hydrogen-bond donors (Lipinski definition) is 1. The Hall–Kier alpha value is -0.950. The van der Waals surface area contributed by atoms with Crippen LogP contribution in [-0.2, 0) is 16.3 Å². The van der Waals surface area contributed by atoms with Crippen LogP contribution in [0, 0.1) is 0 Å². The molecule has 0 radical (unpaired) electrons. The van der Waals surface area contributed by atoms with Gasteiger partial charge in [-0.1, -0.05) is 19.0 Å². The number of rotatable bonds is 6. The third kappa shape index (κ3) is 3.76. The van der Waals surface area contributed by atoms with Gasteiger partial charge >= 0.3 is 0 Å². The fourth-order valence-corrected chi connectivity index (χ4v) is 4.11. The molecular formula is C12H21N3O3S. The minimum atomic E-state index is -2.90. The van der Waals surface area contributed by atoms with Crippen molar-refractivity contribution < 1.29 is 12.9 Å². The van der Waals surface area contributed by atoms with Gasteiger partial charge in [-0.05, 0) is 19.4 Å². The van der Waals surface area contributed by atoms with Crippen LogP contribution in [0.5, 0.6) is 0 Å². The molecule has 6 nitrogen and oxygen atoms in total. The van der Waals surface area contributed by atoms with Crippen molar-refractivity contribution in [1.29, 1.82) is 0 Å². The van der Waals surface area contributed by atoms with Crippen LogP contribution in [0.15, 0.2) is 4.52 Å². The molecule has 1 aliphatic heterocycles. The van der Waals surface area contributed by atoms with Crippen molar-refractivity contribution in [3.63, 3.8) is 0 Å². The van der Waals surface area contributed by atoms with E-state index in [1.54, 1.807) is 0 Å². The lowest BCUT2D eigenvalue weighted by Crippen LogP contribution is -2.30. The molecule has 0 saturated carbocycles. The summed E-state index contributed by atoms with van der Waals surface area (Å²) in [6.45, 7) is 5.07. The van der Waals surface area contributed by atoms with Gasteiger partial charge in [0.2, 0.25) is 5.89 Å². The molecule has 0 spiro atoms. The SMILES string of the molecule is CCNC(CC)Cc1nc(C2CCS(=O)(=O)C2)no1. The smallest absolute Gasteiger partial charge is 0.228 e. The summed E-state index contributed by atoms with van der Waals surface area (Å²) in [7, 11) is -2.90. The molecule has 1 aromatic rings. The number of hydrogen-bond acceptors (Lipinski definition) is 6. The molecule has 7 heteroatoms. The third-order valence-electron chi connectivity index (χ3n) is 3.49. The number of nitrogens with zero attached hydrogens (tertiary/aromatic N) is 2. The normalized spacial score (nSPS) is 23.6. The first-order valence-electron chi connectivity index (χ1n) is 6.80. The lowest BCUT2D eigenvalue weighted by molar-refractivity contribution is 0.350. The van der Waals surface area contributed by atoms with E-state index in [-0.39, 0.29) is 17.4 Å². The minimum absolute atomic E-state index is 0.0956.